The Hall–Kier alpha value is -2.18. The summed E-state index contributed by atoms with van der Waals surface area (Å²) in [7, 11) is 0. The second-order valence-electron chi connectivity index (χ2n) is 3.82. The van der Waals surface area contributed by atoms with Gasteiger partial charge in [0.15, 0.2) is 5.78 Å². The molecule has 0 bridgehead atoms. The lowest BCUT2D eigenvalue weighted by atomic mass is 10.0. The molecule has 1 rings (SSSR count). The van der Waals surface area contributed by atoms with Crippen LogP contribution in [-0.2, 0) is 9.53 Å². The molecule has 20 heavy (non-hydrogen) atoms. The summed E-state index contributed by atoms with van der Waals surface area (Å²) in [4.78, 5) is 33.5. The lowest BCUT2D eigenvalue weighted by Crippen LogP contribution is -2.25. The third kappa shape index (κ3) is 4.18. The van der Waals surface area contributed by atoms with Crippen molar-refractivity contribution >= 4 is 17.5 Å². The normalized spacial score (nSPS) is 11.0. The van der Waals surface area contributed by atoms with Gasteiger partial charge in [-0.05, 0) is 19.1 Å². The largest absolute Gasteiger partial charge is 0.462 e. The Kier molecular flexibility index (Phi) is 5.01. The Labute approximate surface area is 112 Å². The molecule has 1 aromatic carbocycles. The van der Waals surface area contributed by atoms with Crippen molar-refractivity contribution in [3.8, 4) is 0 Å². The molecule has 0 unspecified atom stereocenters. The number of hydrogen-bond donors (Lipinski definition) is 0. The highest BCUT2D eigenvalue weighted by Gasteiger charge is 2.39. The molecule has 0 N–H and O–H groups in total. The van der Waals surface area contributed by atoms with Crippen molar-refractivity contribution in [3.63, 3.8) is 0 Å². The molecular formula is C13H11F3O4. The third-order valence-electron chi connectivity index (χ3n) is 2.36. The number of ether oxygens (including phenoxy) is 1. The van der Waals surface area contributed by atoms with Crippen LogP contribution in [-0.4, -0.2) is 30.3 Å². The van der Waals surface area contributed by atoms with E-state index >= 15 is 0 Å². The van der Waals surface area contributed by atoms with Gasteiger partial charge >= 0.3 is 12.1 Å². The van der Waals surface area contributed by atoms with Gasteiger partial charge in [0.05, 0.1) is 18.6 Å². The number of carbonyl (C=O) groups excluding carboxylic acids is 3. The van der Waals surface area contributed by atoms with Gasteiger partial charge in [-0.1, -0.05) is 12.1 Å². The van der Waals surface area contributed by atoms with Gasteiger partial charge in [0, 0.05) is 5.56 Å². The Bertz CT molecular complexity index is 517. The lowest BCUT2D eigenvalue weighted by molar-refractivity contribution is -0.170. The van der Waals surface area contributed by atoms with Crippen LogP contribution in [0, 0.1) is 0 Å². The number of rotatable bonds is 5. The van der Waals surface area contributed by atoms with Crippen LogP contribution < -0.4 is 0 Å². The highest BCUT2D eigenvalue weighted by Crippen LogP contribution is 2.19. The van der Waals surface area contributed by atoms with E-state index < -0.39 is 30.1 Å². The van der Waals surface area contributed by atoms with E-state index in [2.05, 4.69) is 0 Å². The van der Waals surface area contributed by atoms with Gasteiger partial charge < -0.3 is 4.74 Å². The molecule has 0 aliphatic heterocycles. The zero-order valence-corrected chi connectivity index (χ0v) is 10.5. The summed E-state index contributed by atoms with van der Waals surface area (Å²) < 4.78 is 40.8. The maximum Gasteiger partial charge on any atom is 0.450 e. The molecule has 7 heteroatoms. The zero-order valence-electron chi connectivity index (χ0n) is 10.5. The molecule has 0 aliphatic rings. The second-order valence-corrected chi connectivity index (χ2v) is 3.82. The van der Waals surface area contributed by atoms with Crippen LogP contribution in [0.3, 0.4) is 0 Å². The number of esters is 1. The Balaban J connectivity index is 2.76. The van der Waals surface area contributed by atoms with Crippen molar-refractivity contribution < 1.29 is 32.3 Å². The molecule has 0 fully saturated rings. The molecule has 108 valence electrons. The predicted octanol–water partition coefficient (Wildman–Crippen LogP) is 2.57. The summed E-state index contributed by atoms with van der Waals surface area (Å²) in [6.07, 6.45) is -6.28. The van der Waals surface area contributed by atoms with Crippen LogP contribution in [0.2, 0.25) is 0 Å². The average molecular weight is 288 g/mol. The van der Waals surface area contributed by atoms with Gasteiger partial charge in [0.25, 0.3) is 0 Å². The summed E-state index contributed by atoms with van der Waals surface area (Å²) in [5.41, 5.74) is 0.0983. The molecule has 0 spiro atoms. The van der Waals surface area contributed by atoms with Crippen LogP contribution in [0.15, 0.2) is 24.3 Å². The van der Waals surface area contributed by atoms with Gasteiger partial charge in [-0.25, -0.2) is 4.79 Å². The smallest absolute Gasteiger partial charge is 0.450 e. The van der Waals surface area contributed by atoms with E-state index in [-0.39, 0.29) is 17.7 Å². The SMILES string of the molecule is CCOC(=O)c1ccc(C(=O)CC(=O)C(F)(F)F)cc1. The first-order valence-corrected chi connectivity index (χ1v) is 5.66. The molecule has 0 saturated heterocycles. The molecule has 1 aromatic rings. The van der Waals surface area contributed by atoms with Gasteiger partial charge in [0.1, 0.15) is 0 Å². The Morgan fingerprint density at radius 1 is 1.05 bits per heavy atom. The number of alkyl halides is 3. The fourth-order valence-electron chi connectivity index (χ4n) is 1.35. The van der Waals surface area contributed by atoms with Crippen molar-refractivity contribution in [2.24, 2.45) is 0 Å². The van der Waals surface area contributed by atoms with E-state index in [0.717, 1.165) is 0 Å². The highest BCUT2D eigenvalue weighted by atomic mass is 19.4. The molecule has 0 amide bonds. The lowest BCUT2D eigenvalue weighted by Gasteiger charge is -2.05. The topological polar surface area (TPSA) is 60.4 Å². The number of ketones is 2. The minimum Gasteiger partial charge on any atom is -0.462 e. The molecular weight excluding hydrogens is 277 g/mol. The highest BCUT2D eigenvalue weighted by molar-refractivity contribution is 6.09. The van der Waals surface area contributed by atoms with Crippen LogP contribution in [0.4, 0.5) is 13.2 Å². The monoisotopic (exact) mass is 288 g/mol. The maximum absolute atomic E-state index is 12.0. The van der Waals surface area contributed by atoms with Crippen molar-refractivity contribution in [2.45, 2.75) is 19.5 Å². The van der Waals surface area contributed by atoms with Gasteiger partial charge in [-0.2, -0.15) is 13.2 Å². The van der Waals surface area contributed by atoms with Gasteiger partial charge in [-0.15, -0.1) is 0 Å². The minimum absolute atomic E-state index is 0.0735. The number of halogens is 3. The van der Waals surface area contributed by atoms with E-state index in [1.54, 1.807) is 6.92 Å². The predicted molar refractivity (Wildman–Crippen MR) is 62.4 cm³/mol. The van der Waals surface area contributed by atoms with Crippen molar-refractivity contribution in [3.05, 3.63) is 35.4 Å². The van der Waals surface area contributed by atoms with Crippen molar-refractivity contribution in [1.29, 1.82) is 0 Å². The van der Waals surface area contributed by atoms with Crippen LogP contribution in [0.1, 0.15) is 34.1 Å². The Morgan fingerprint density at radius 3 is 2.00 bits per heavy atom. The fourth-order valence-corrected chi connectivity index (χ4v) is 1.35. The Morgan fingerprint density at radius 2 is 1.55 bits per heavy atom. The second kappa shape index (κ2) is 6.31. The third-order valence-corrected chi connectivity index (χ3v) is 2.36. The van der Waals surface area contributed by atoms with Gasteiger partial charge in [-0.3, -0.25) is 9.59 Å². The average Bonchev–Trinajstić information content (AvgIpc) is 2.38. The van der Waals surface area contributed by atoms with E-state index in [4.69, 9.17) is 4.74 Å². The molecule has 0 aliphatic carbocycles. The number of Topliss-reactive ketones (excluding diaryl/α,β-unsaturated/α-hetero) is 2. The molecule has 4 nitrogen and oxygen atoms in total. The molecule has 0 atom stereocenters. The number of hydrogen-bond acceptors (Lipinski definition) is 4. The minimum atomic E-state index is -5.03. The quantitative estimate of drug-likeness (QED) is 0.474. The van der Waals surface area contributed by atoms with Crippen molar-refractivity contribution in [1.82, 2.24) is 0 Å². The standard InChI is InChI=1S/C13H11F3O4/c1-2-20-12(19)9-5-3-8(4-6-9)10(17)7-11(18)13(14,15)16/h3-6H,2,7H2,1H3. The molecule has 0 aromatic heterocycles. The zero-order chi connectivity index (χ0) is 15.3. The first-order valence-electron chi connectivity index (χ1n) is 5.66. The summed E-state index contributed by atoms with van der Waals surface area (Å²) in [6.45, 7) is 1.80. The number of carbonyl (C=O) groups is 3. The van der Waals surface area contributed by atoms with Crippen LogP contribution >= 0.6 is 0 Å². The summed E-state index contributed by atoms with van der Waals surface area (Å²) in [5.74, 6) is -3.66. The number of benzene rings is 1. The first-order chi connectivity index (χ1) is 9.25. The summed E-state index contributed by atoms with van der Waals surface area (Å²) >= 11 is 0. The van der Waals surface area contributed by atoms with Crippen molar-refractivity contribution in [2.75, 3.05) is 6.61 Å². The summed E-state index contributed by atoms with van der Waals surface area (Å²) in [6, 6.07) is 4.86. The molecule has 0 saturated carbocycles. The fraction of sp³-hybridized carbons (Fsp3) is 0.308. The van der Waals surface area contributed by atoms with Crippen LogP contribution in [0.25, 0.3) is 0 Å². The maximum atomic E-state index is 12.0. The van der Waals surface area contributed by atoms with E-state index in [0.29, 0.717) is 0 Å². The first kappa shape index (κ1) is 15.9. The molecule has 0 radical (unpaired) electrons. The van der Waals surface area contributed by atoms with Crippen LogP contribution in [0.5, 0.6) is 0 Å². The van der Waals surface area contributed by atoms with Gasteiger partial charge in [0.2, 0.25) is 5.78 Å². The van der Waals surface area contributed by atoms with E-state index in [1.165, 1.54) is 24.3 Å². The summed E-state index contributed by atoms with van der Waals surface area (Å²) in [5, 5.41) is 0. The van der Waals surface area contributed by atoms with E-state index in [1.807, 2.05) is 0 Å². The molecule has 0 heterocycles. The van der Waals surface area contributed by atoms with E-state index in [9.17, 15) is 27.6 Å².